The monoisotopic (exact) mass is 408 g/mol. The van der Waals surface area contributed by atoms with Gasteiger partial charge in [0, 0.05) is 5.41 Å². The van der Waals surface area contributed by atoms with Gasteiger partial charge in [-0.3, -0.25) is 15.1 Å². The van der Waals surface area contributed by atoms with Crippen LogP contribution in [0.4, 0.5) is 0 Å². The Labute approximate surface area is 178 Å². The van der Waals surface area contributed by atoms with Crippen molar-refractivity contribution in [2.45, 2.75) is 71.1 Å². The Hall–Kier alpha value is -2.39. The number of carbonyl (C=O) groups is 1. The number of nitrogens with two attached hydrogens (primary N) is 1. The van der Waals surface area contributed by atoms with E-state index in [9.17, 15) is 10.1 Å². The van der Waals surface area contributed by atoms with E-state index in [1.165, 1.54) is 5.56 Å². The van der Waals surface area contributed by atoms with Crippen molar-refractivity contribution in [2.75, 3.05) is 0 Å². The molecule has 4 aliphatic carbocycles. The molecular weight excluding hydrogens is 376 g/mol. The molecule has 5 rings (SSSR count). The summed E-state index contributed by atoms with van der Waals surface area (Å²) in [7, 11) is 0. The smallest absolute Gasteiger partial charge is 0.223 e. The second kappa shape index (κ2) is 7.70. The maximum Gasteiger partial charge on any atom is 0.223 e. The molecule has 0 radical (unpaired) electrons. The van der Waals surface area contributed by atoms with Gasteiger partial charge < -0.3 is 10.5 Å². The lowest BCUT2D eigenvalue weighted by Gasteiger charge is -2.57. The summed E-state index contributed by atoms with van der Waals surface area (Å²) in [6.45, 7) is 6.41. The van der Waals surface area contributed by atoms with E-state index in [4.69, 9.17) is 15.5 Å². The van der Waals surface area contributed by atoms with Gasteiger partial charge in [-0.1, -0.05) is 29.8 Å². The van der Waals surface area contributed by atoms with Crippen LogP contribution in [-0.4, -0.2) is 23.4 Å². The summed E-state index contributed by atoms with van der Waals surface area (Å²) >= 11 is 0. The number of aliphatic imine (C=N–C) groups is 1. The third kappa shape index (κ3) is 3.83. The quantitative estimate of drug-likeness (QED) is 0.326. The predicted molar refractivity (Wildman–Crippen MR) is 115 cm³/mol. The molecule has 1 aromatic rings. The van der Waals surface area contributed by atoms with Crippen molar-refractivity contribution in [3.05, 3.63) is 35.4 Å². The number of carbonyl (C=O) groups excluding carboxylic acids is 1. The number of primary amides is 1. The zero-order valence-electron chi connectivity index (χ0n) is 18.1. The highest BCUT2D eigenvalue weighted by Crippen LogP contribution is 2.60. The van der Waals surface area contributed by atoms with Crippen LogP contribution in [0.1, 0.15) is 57.1 Å². The molecule has 6 heteroatoms. The fourth-order valence-electron chi connectivity index (χ4n) is 6.07. The van der Waals surface area contributed by atoms with Crippen molar-refractivity contribution in [3.8, 4) is 6.19 Å². The molecule has 4 saturated carbocycles. The van der Waals surface area contributed by atoms with Crippen LogP contribution in [0.15, 0.2) is 29.3 Å². The van der Waals surface area contributed by atoms with Gasteiger partial charge in [-0.2, -0.15) is 5.26 Å². The first kappa shape index (κ1) is 20.9. The van der Waals surface area contributed by atoms with E-state index < -0.39 is 5.60 Å². The molecule has 0 aliphatic heterocycles. The van der Waals surface area contributed by atoms with E-state index in [-0.39, 0.29) is 17.4 Å². The zero-order valence-corrected chi connectivity index (χ0v) is 18.1. The molecule has 0 heterocycles. The summed E-state index contributed by atoms with van der Waals surface area (Å²) in [5.41, 5.74) is 7.05. The zero-order chi connectivity index (χ0) is 21.5. The first-order valence-electron chi connectivity index (χ1n) is 11.0. The Morgan fingerprint density at radius 3 is 2.47 bits per heavy atom. The van der Waals surface area contributed by atoms with Crippen LogP contribution in [0.2, 0.25) is 0 Å². The molecule has 1 amide bonds. The van der Waals surface area contributed by atoms with Gasteiger partial charge in [-0.05, 0) is 76.2 Å². The van der Waals surface area contributed by atoms with E-state index in [1.54, 1.807) is 0 Å². The molecule has 4 fully saturated rings. The van der Waals surface area contributed by atoms with Gasteiger partial charge in [-0.15, -0.1) is 0 Å². The Bertz CT molecular complexity index is 867. The Morgan fingerprint density at radius 2 is 1.90 bits per heavy atom. The summed E-state index contributed by atoms with van der Waals surface area (Å²) in [6.07, 6.45) is 6.85. The minimum Gasteiger partial charge on any atom is -0.369 e. The first-order valence-corrected chi connectivity index (χ1v) is 11.0. The van der Waals surface area contributed by atoms with Crippen LogP contribution in [0.3, 0.4) is 0 Å². The number of ether oxygens (including phenoxy) is 1. The number of rotatable bonds is 6. The second-order valence-electron chi connectivity index (χ2n) is 10.1. The number of amides is 1. The molecule has 4 bridgehead atoms. The third-order valence-corrected chi connectivity index (χ3v) is 7.49. The Kier molecular flexibility index (Phi) is 5.36. The molecule has 0 spiro atoms. The van der Waals surface area contributed by atoms with Crippen molar-refractivity contribution in [1.29, 1.82) is 5.26 Å². The van der Waals surface area contributed by atoms with Gasteiger partial charge in [0.05, 0.1) is 12.6 Å². The number of hydrogen-bond acceptors (Lipinski definition) is 4. The molecule has 6 nitrogen and oxygen atoms in total. The predicted octanol–water partition coefficient (Wildman–Crippen LogP) is 3.44. The number of nitriles is 1. The van der Waals surface area contributed by atoms with Crippen LogP contribution in [0.25, 0.3) is 0 Å². The lowest BCUT2D eigenvalue weighted by Crippen LogP contribution is -2.58. The van der Waals surface area contributed by atoms with Gasteiger partial charge in [0.15, 0.2) is 6.19 Å². The number of aryl methyl sites for hydroxylation is 1. The summed E-state index contributed by atoms with van der Waals surface area (Å²) < 4.78 is 6.20. The molecule has 160 valence electrons. The van der Waals surface area contributed by atoms with Crippen LogP contribution in [0, 0.1) is 41.5 Å². The molecule has 4 aliphatic rings. The highest BCUT2D eigenvalue weighted by atomic mass is 16.5. The van der Waals surface area contributed by atoms with Crippen LogP contribution in [0.5, 0.6) is 0 Å². The molecule has 0 aromatic heterocycles. The average molecular weight is 409 g/mol. The molecule has 0 saturated heterocycles. The van der Waals surface area contributed by atoms with Gasteiger partial charge in [-0.25, -0.2) is 0 Å². The standard InChI is InChI=1S/C24H32N4O2/c1-15-4-6-16(7-5-15)13-30-23(2,3)22(27-14-25)28-20-18-8-17-9-19(20)12-24(10-17,11-18)21(26)29/h4-7,17-20H,8-13H2,1-3H3,(H2,26,29)(H,27,28). The lowest BCUT2D eigenvalue weighted by molar-refractivity contribution is -0.144. The van der Waals surface area contributed by atoms with Gasteiger partial charge in [0.2, 0.25) is 5.91 Å². The van der Waals surface area contributed by atoms with Crippen LogP contribution < -0.4 is 11.1 Å². The largest absolute Gasteiger partial charge is 0.369 e. The van der Waals surface area contributed by atoms with Crippen LogP contribution >= 0.6 is 0 Å². The Morgan fingerprint density at radius 1 is 1.27 bits per heavy atom. The summed E-state index contributed by atoms with van der Waals surface area (Å²) in [6, 6.07) is 8.36. The SMILES string of the molecule is Cc1ccc(COC(C)(C)C(=NC2C3CC4CC2CC(C(N)=O)(C4)C3)NC#N)cc1. The molecule has 2 unspecified atom stereocenters. The van der Waals surface area contributed by atoms with Crippen molar-refractivity contribution >= 4 is 11.7 Å². The third-order valence-electron chi connectivity index (χ3n) is 7.49. The van der Waals surface area contributed by atoms with Gasteiger partial charge in [0.1, 0.15) is 11.4 Å². The van der Waals surface area contributed by atoms with Crippen LogP contribution in [-0.2, 0) is 16.1 Å². The lowest BCUT2D eigenvalue weighted by atomic mass is 9.48. The van der Waals surface area contributed by atoms with E-state index in [0.717, 1.165) is 37.7 Å². The normalized spacial score (nSPS) is 32.7. The summed E-state index contributed by atoms with van der Waals surface area (Å²) in [4.78, 5) is 17.3. The maximum absolute atomic E-state index is 12.2. The van der Waals surface area contributed by atoms with Crippen molar-refractivity contribution in [2.24, 2.45) is 33.9 Å². The van der Waals surface area contributed by atoms with Crippen molar-refractivity contribution in [1.82, 2.24) is 5.32 Å². The number of nitrogens with one attached hydrogen (secondary N) is 1. The van der Waals surface area contributed by atoms with Crippen molar-refractivity contribution < 1.29 is 9.53 Å². The minimum atomic E-state index is -0.726. The topological polar surface area (TPSA) is 100 Å². The van der Waals surface area contributed by atoms with Gasteiger partial charge >= 0.3 is 0 Å². The van der Waals surface area contributed by atoms with E-state index in [2.05, 4.69) is 36.5 Å². The molecule has 3 N–H and O–H groups in total. The number of hydrogen-bond donors (Lipinski definition) is 2. The Balaban J connectivity index is 1.53. The fourth-order valence-corrected chi connectivity index (χ4v) is 6.07. The van der Waals surface area contributed by atoms with E-state index >= 15 is 0 Å². The first-order chi connectivity index (χ1) is 14.2. The van der Waals surface area contributed by atoms with Crippen molar-refractivity contribution in [3.63, 3.8) is 0 Å². The molecule has 1 aromatic carbocycles. The summed E-state index contributed by atoms with van der Waals surface area (Å²) in [5, 5.41) is 12.2. The fraction of sp³-hybridized carbons (Fsp3) is 0.625. The number of nitrogens with zero attached hydrogens (tertiary/aromatic N) is 2. The van der Waals surface area contributed by atoms with E-state index in [1.807, 2.05) is 20.0 Å². The minimum absolute atomic E-state index is 0.118. The summed E-state index contributed by atoms with van der Waals surface area (Å²) in [5.74, 6) is 1.73. The molecule has 2 atom stereocenters. The average Bonchev–Trinajstić information content (AvgIpc) is 2.69. The maximum atomic E-state index is 12.2. The molecule has 30 heavy (non-hydrogen) atoms. The number of amidine groups is 1. The molecular formula is C24H32N4O2. The van der Waals surface area contributed by atoms with Gasteiger partial charge in [0.25, 0.3) is 0 Å². The number of benzene rings is 1. The highest BCUT2D eigenvalue weighted by Gasteiger charge is 2.58. The van der Waals surface area contributed by atoms with E-state index in [0.29, 0.717) is 30.2 Å². The highest BCUT2D eigenvalue weighted by molar-refractivity contribution is 5.91. The second-order valence-corrected chi connectivity index (χ2v) is 10.1.